The van der Waals surface area contributed by atoms with Gasteiger partial charge >= 0.3 is 11.9 Å². The molecule has 0 saturated heterocycles. The van der Waals surface area contributed by atoms with Crippen molar-refractivity contribution in [2.24, 2.45) is 5.73 Å². The Morgan fingerprint density at radius 1 is 0.963 bits per heavy atom. The molecule has 0 aliphatic rings. The normalized spacial score (nSPS) is 10.3. The zero-order valence-electron chi connectivity index (χ0n) is 14.1. The molecule has 0 saturated carbocycles. The van der Waals surface area contributed by atoms with E-state index in [1.54, 1.807) is 34.9 Å². The Morgan fingerprint density at radius 2 is 1.59 bits per heavy atom. The first kappa shape index (κ1) is 21.2. The second-order valence-corrected chi connectivity index (χ2v) is 8.55. The molecule has 4 N–H and O–H groups in total. The fourth-order valence-corrected chi connectivity index (χ4v) is 4.88. The Balaban J connectivity index is 0.000000380. The number of rotatable bonds is 6. The van der Waals surface area contributed by atoms with Gasteiger partial charge in [0.1, 0.15) is 0 Å². The van der Waals surface area contributed by atoms with Gasteiger partial charge in [-0.15, -0.1) is 10.2 Å². The maximum atomic E-state index is 9.10. The third-order valence-electron chi connectivity index (χ3n) is 3.15. The van der Waals surface area contributed by atoms with Crippen molar-refractivity contribution < 1.29 is 19.8 Å². The highest BCUT2D eigenvalue weighted by atomic mass is 32.2. The quantitative estimate of drug-likeness (QED) is 0.404. The van der Waals surface area contributed by atoms with Crippen LogP contribution in [0.3, 0.4) is 0 Å². The van der Waals surface area contributed by atoms with E-state index < -0.39 is 11.9 Å². The summed E-state index contributed by atoms with van der Waals surface area (Å²) < 4.78 is 2.02. The van der Waals surface area contributed by atoms with Crippen molar-refractivity contribution in [1.82, 2.24) is 10.2 Å². The summed E-state index contributed by atoms with van der Waals surface area (Å²) in [5.74, 6) is -1.84. The van der Waals surface area contributed by atoms with Crippen LogP contribution in [-0.4, -0.2) is 44.6 Å². The Morgan fingerprint density at radius 3 is 2.26 bits per heavy atom. The number of nitrogens with two attached hydrogens (primary N) is 1. The fourth-order valence-electron chi connectivity index (χ4n) is 2.02. The summed E-state index contributed by atoms with van der Waals surface area (Å²) in [6, 6.07) is 14.9. The standard InChI is InChI=1S/C15H15N3S3.C2H2O4/c16-8-9-19-14-17-18-15(21-14)20-10-12-6-3-5-11-4-1-2-7-13(11)12;3-1(4)2(5)6/h1-7H,8-10,16H2;(H,3,4)(H,5,6). The molecule has 0 unspecified atom stereocenters. The molecule has 1 aromatic heterocycles. The van der Waals surface area contributed by atoms with E-state index in [9.17, 15) is 0 Å². The minimum Gasteiger partial charge on any atom is -0.473 e. The number of aliphatic carboxylic acids is 2. The monoisotopic (exact) mass is 423 g/mol. The molecule has 142 valence electrons. The highest BCUT2D eigenvalue weighted by Crippen LogP contribution is 2.32. The van der Waals surface area contributed by atoms with Gasteiger partial charge in [-0.05, 0) is 16.3 Å². The molecule has 0 bridgehead atoms. The number of fused-ring (bicyclic) bond motifs is 1. The second-order valence-electron chi connectivity index (χ2n) is 5.01. The first-order valence-electron chi connectivity index (χ1n) is 7.73. The average Bonchev–Trinajstić information content (AvgIpc) is 3.13. The van der Waals surface area contributed by atoms with Crippen LogP contribution in [0.15, 0.2) is 51.1 Å². The van der Waals surface area contributed by atoms with Crippen molar-refractivity contribution in [2.75, 3.05) is 12.3 Å². The van der Waals surface area contributed by atoms with Gasteiger partial charge in [-0.2, -0.15) is 0 Å². The topological polar surface area (TPSA) is 126 Å². The van der Waals surface area contributed by atoms with E-state index in [0.29, 0.717) is 6.54 Å². The van der Waals surface area contributed by atoms with Crippen LogP contribution in [0, 0.1) is 0 Å². The molecule has 2 aromatic carbocycles. The van der Waals surface area contributed by atoms with Crippen LogP contribution in [-0.2, 0) is 15.3 Å². The summed E-state index contributed by atoms with van der Waals surface area (Å²) >= 11 is 5.06. The van der Waals surface area contributed by atoms with Crippen LogP contribution in [0.5, 0.6) is 0 Å². The van der Waals surface area contributed by atoms with Gasteiger partial charge in [-0.3, -0.25) is 0 Å². The molecule has 10 heteroatoms. The van der Waals surface area contributed by atoms with Crippen molar-refractivity contribution in [1.29, 1.82) is 0 Å². The van der Waals surface area contributed by atoms with Crippen molar-refractivity contribution in [3.8, 4) is 0 Å². The molecule has 3 rings (SSSR count). The fraction of sp³-hybridized carbons (Fsp3) is 0.176. The van der Waals surface area contributed by atoms with Gasteiger partial charge in [0.25, 0.3) is 0 Å². The van der Waals surface area contributed by atoms with E-state index in [1.165, 1.54) is 16.3 Å². The van der Waals surface area contributed by atoms with Gasteiger partial charge in [0.05, 0.1) is 0 Å². The highest BCUT2D eigenvalue weighted by Gasteiger charge is 2.07. The minimum atomic E-state index is -1.82. The predicted molar refractivity (Wildman–Crippen MR) is 108 cm³/mol. The van der Waals surface area contributed by atoms with Crippen LogP contribution in [0.1, 0.15) is 5.56 Å². The van der Waals surface area contributed by atoms with E-state index in [1.807, 2.05) is 0 Å². The third kappa shape index (κ3) is 6.83. The molecule has 0 atom stereocenters. The number of aromatic nitrogens is 2. The highest BCUT2D eigenvalue weighted by molar-refractivity contribution is 8.02. The van der Waals surface area contributed by atoms with Crippen LogP contribution in [0.4, 0.5) is 0 Å². The van der Waals surface area contributed by atoms with Crippen molar-refractivity contribution >= 4 is 57.6 Å². The lowest BCUT2D eigenvalue weighted by Gasteiger charge is -2.04. The summed E-state index contributed by atoms with van der Waals surface area (Å²) in [5.41, 5.74) is 6.84. The van der Waals surface area contributed by atoms with Crippen molar-refractivity contribution in [3.05, 3.63) is 48.0 Å². The molecule has 7 nitrogen and oxygen atoms in total. The van der Waals surface area contributed by atoms with Gasteiger partial charge in [0.2, 0.25) is 0 Å². The molecule has 0 aliphatic carbocycles. The summed E-state index contributed by atoms with van der Waals surface area (Å²) in [7, 11) is 0. The van der Waals surface area contributed by atoms with E-state index in [-0.39, 0.29) is 0 Å². The molecular weight excluding hydrogens is 406 g/mol. The van der Waals surface area contributed by atoms with E-state index in [4.69, 9.17) is 25.5 Å². The zero-order valence-corrected chi connectivity index (χ0v) is 16.5. The summed E-state index contributed by atoms with van der Waals surface area (Å²) in [6.07, 6.45) is 0. The second kappa shape index (κ2) is 10.9. The maximum Gasteiger partial charge on any atom is 0.414 e. The minimum absolute atomic E-state index is 0.669. The number of hydrogen-bond donors (Lipinski definition) is 3. The van der Waals surface area contributed by atoms with Crippen LogP contribution >= 0.6 is 34.9 Å². The third-order valence-corrected chi connectivity index (χ3v) is 6.42. The largest absolute Gasteiger partial charge is 0.473 e. The predicted octanol–water partition coefficient (Wildman–Crippen LogP) is 3.19. The molecule has 3 aromatic rings. The Hall–Kier alpha value is -2.14. The van der Waals surface area contributed by atoms with Crippen LogP contribution in [0.25, 0.3) is 10.8 Å². The number of nitrogens with zero attached hydrogens (tertiary/aromatic N) is 2. The van der Waals surface area contributed by atoms with Gasteiger partial charge < -0.3 is 15.9 Å². The number of carboxylic acids is 2. The Bertz CT molecular complexity index is 900. The SMILES string of the molecule is NCCSc1nnc(SCc2cccc3ccccc23)s1.O=C(O)C(=O)O. The molecular formula is C17H17N3O4S3. The summed E-state index contributed by atoms with van der Waals surface area (Å²) in [4.78, 5) is 18.2. The molecule has 0 amide bonds. The lowest BCUT2D eigenvalue weighted by Crippen LogP contribution is -2.09. The molecule has 0 radical (unpaired) electrons. The number of hydrogen-bond acceptors (Lipinski definition) is 8. The zero-order chi connectivity index (χ0) is 19.6. The smallest absolute Gasteiger partial charge is 0.414 e. The lowest BCUT2D eigenvalue weighted by molar-refractivity contribution is -0.159. The molecule has 0 spiro atoms. The van der Waals surface area contributed by atoms with E-state index in [2.05, 4.69) is 52.7 Å². The van der Waals surface area contributed by atoms with Gasteiger partial charge in [0, 0.05) is 18.1 Å². The summed E-state index contributed by atoms with van der Waals surface area (Å²) in [6.45, 7) is 0.669. The maximum absolute atomic E-state index is 9.10. The number of carboxylic acid groups (broad SMARTS) is 2. The lowest BCUT2D eigenvalue weighted by atomic mass is 10.1. The first-order chi connectivity index (χ1) is 13.0. The molecule has 27 heavy (non-hydrogen) atoms. The number of thioether (sulfide) groups is 2. The Kier molecular flexibility index (Phi) is 8.52. The summed E-state index contributed by atoms with van der Waals surface area (Å²) in [5, 5.41) is 25.8. The van der Waals surface area contributed by atoms with E-state index in [0.717, 1.165) is 20.2 Å². The first-order valence-corrected chi connectivity index (χ1v) is 10.5. The van der Waals surface area contributed by atoms with Gasteiger partial charge in [-0.1, -0.05) is 77.3 Å². The molecule has 1 heterocycles. The van der Waals surface area contributed by atoms with E-state index >= 15 is 0 Å². The molecule has 0 fully saturated rings. The molecule has 0 aliphatic heterocycles. The Labute approximate surface area is 168 Å². The van der Waals surface area contributed by atoms with Crippen LogP contribution in [0.2, 0.25) is 0 Å². The number of benzene rings is 2. The average molecular weight is 424 g/mol. The van der Waals surface area contributed by atoms with Crippen molar-refractivity contribution in [2.45, 2.75) is 14.4 Å². The van der Waals surface area contributed by atoms with Crippen molar-refractivity contribution in [3.63, 3.8) is 0 Å². The van der Waals surface area contributed by atoms with Gasteiger partial charge in [-0.25, -0.2) is 9.59 Å². The number of carbonyl (C=O) groups is 2. The van der Waals surface area contributed by atoms with Gasteiger partial charge in [0.15, 0.2) is 8.68 Å². The van der Waals surface area contributed by atoms with Crippen LogP contribution < -0.4 is 5.73 Å².